The first-order valence-electron chi connectivity index (χ1n) is 10.9. The normalized spacial score (nSPS) is 11.9. The van der Waals surface area contributed by atoms with Crippen LogP contribution in [0.4, 0.5) is 0 Å². The van der Waals surface area contributed by atoms with Crippen molar-refractivity contribution in [2.24, 2.45) is 0 Å². The summed E-state index contributed by atoms with van der Waals surface area (Å²) in [5.74, 6) is 0.0940. The molecule has 0 atom stereocenters. The SMILES string of the molecule is CCOC(=O)CC/C(C(=O)/C=C/c1ccc(OC)c(OC)c1)=C(O)\C=C\c1ccc(O)c(OC)c1. The van der Waals surface area contributed by atoms with Crippen LogP contribution in [0.1, 0.15) is 30.9 Å². The van der Waals surface area contributed by atoms with Gasteiger partial charge in [-0.2, -0.15) is 0 Å². The molecule has 0 saturated carbocycles. The fourth-order valence-corrected chi connectivity index (χ4v) is 3.14. The van der Waals surface area contributed by atoms with Crippen LogP contribution in [-0.2, 0) is 14.3 Å². The number of methoxy groups -OCH3 is 3. The molecule has 35 heavy (non-hydrogen) atoms. The number of phenolic OH excluding ortho intramolecular Hbond substituents is 1. The minimum absolute atomic E-state index is 0.0109. The Kier molecular flexibility index (Phi) is 10.4. The number of carbonyl (C=O) groups excluding carboxylic acids is 2. The molecule has 0 aliphatic rings. The Balaban J connectivity index is 2.32. The number of ketones is 1. The number of aliphatic hydroxyl groups is 1. The predicted molar refractivity (Wildman–Crippen MR) is 133 cm³/mol. The van der Waals surface area contributed by atoms with E-state index in [4.69, 9.17) is 18.9 Å². The fourth-order valence-electron chi connectivity index (χ4n) is 3.14. The Labute approximate surface area is 204 Å². The van der Waals surface area contributed by atoms with Crippen molar-refractivity contribution >= 4 is 23.9 Å². The number of allylic oxidation sites excluding steroid dienone is 3. The molecule has 0 spiro atoms. The maximum atomic E-state index is 13.0. The Hall–Kier alpha value is -4.20. The Morgan fingerprint density at radius 3 is 2.06 bits per heavy atom. The molecule has 8 heteroatoms. The van der Waals surface area contributed by atoms with Crippen molar-refractivity contribution in [2.75, 3.05) is 27.9 Å². The third-order valence-electron chi connectivity index (χ3n) is 4.96. The molecule has 0 radical (unpaired) electrons. The number of aliphatic hydroxyl groups excluding tert-OH is 1. The highest BCUT2D eigenvalue weighted by molar-refractivity contribution is 6.07. The van der Waals surface area contributed by atoms with Crippen LogP contribution in [0.3, 0.4) is 0 Å². The molecule has 0 aliphatic carbocycles. The predicted octanol–water partition coefficient (Wildman–Crippen LogP) is 4.87. The summed E-state index contributed by atoms with van der Waals surface area (Å²) in [4.78, 5) is 24.8. The zero-order valence-electron chi connectivity index (χ0n) is 20.2. The highest BCUT2D eigenvalue weighted by atomic mass is 16.5. The second kappa shape index (κ2) is 13.5. The highest BCUT2D eigenvalue weighted by Gasteiger charge is 2.15. The summed E-state index contributed by atoms with van der Waals surface area (Å²) in [5.41, 5.74) is 1.37. The second-order valence-electron chi connectivity index (χ2n) is 7.25. The zero-order valence-corrected chi connectivity index (χ0v) is 20.2. The zero-order chi connectivity index (χ0) is 25.8. The Morgan fingerprint density at radius 1 is 0.829 bits per heavy atom. The first-order chi connectivity index (χ1) is 16.8. The average molecular weight is 483 g/mol. The van der Waals surface area contributed by atoms with E-state index in [9.17, 15) is 19.8 Å². The largest absolute Gasteiger partial charge is 0.508 e. The van der Waals surface area contributed by atoms with Gasteiger partial charge in [0.2, 0.25) is 0 Å². The van der Waals surface area contributed by atoms with Gasteiger partial charge in [0, 0.05) is 12.0 Å². The van der Waals surface area contributed by atoms with Gasteiger partial charge in [-0.05, 0) is 60.9 Å². The minimum Gasteiger partial charge on any atom is -0.508 e. The molecule has 0 saturated heterocycles. The summed E-state index contributed by atoms with van der Waals surface area (Å²) in [6, 6.07) is 9.84. The highest BCUT2D eigenvalue weighted by Crippen LogP contribution is 2.29. The molecule has 0 bridgehead atoms. The molecule has 186 valence electrons. The lowest BCUT2D eigenvalue weighted by atomic mass is 10.0. The van der Waals surface area contributed by atoms with Crippen molar-refractivity contribution in [2.45, 2.75) is 19.8 Å². The topological polar surface area (TPSA) is 112 Å². The van der Waals surface area contributed by atoms with Crippen LogP contribution in [0.25, 0.3) is 12.2 Å². The molecule has 0 aliphatic heterocycles. The standard InChI is InChI=1S/C27H30O8/c1-5-35-27(31)15-10-20(21(28)11-6-18-8-13-23(30)25(16-18)33-3)22(29)12-7-19-9-14-24(32-2)26(17-19)34-4/h6-9,11-14,16-17,28,30H,5,10,15H2,1-4H3/b11-6+,12-7+,21-20-. The lowest BCUT2D eigenvalue weighted by Gasteiger charge is -2.08. The van der Waals surface area contributed by atoms with E-state index < -0.39 is 11.8 Å². The Bertz CT molecular complexity index is 1130. The Morgan fingerprint density at radius 2 is 1.43 bits per heavy atom. The molecule has 2 N–H and O–H groups in total. The van der Waals surface area contributed by atoms with E-state index in [1.54, 1.807) is 49.4 Å². The van der Waals surface area contributed by atoms with E-state index in [1.165, 1.54) is 39.5 Å². The molecule has 8 nitrogen and oxygen atoms in total. The molecule has 2 aromatic rings. The molecule has 0 unspecified atom stereocenters. The molecule has 2 rings (SSSR count). The van der Waals surface area contributed by atoms with Gasteiger partial charge < -0.3 is 29.2 Å². The molecular formula is C27H30O8. The van der Waals surface area contributed by atoms with Crippen LogP contribution in [0.5, 0.6) is 23.0 Å². The van der Waals surface area contributed by atoms with E-state index in [-0.39, 0.29) is 42.3 Å². The smallest absolute Gasteiger partial charge is 0.306 e. The molecule has 0 heterocycles. The van der Waals surface area contributed by atoms with Gasteiger partial charge in [-0.1, -0.05) is 24.3 Å². The summed E-state index contributed by atoms with van der Waals surface area (Å²) in [5, 5.41) is 20.4. The maximum absolute atomic E-state index is 13.0. The van der Waals surface area contributed by atoms with Crippen molar-refractivity contribution in [3.8, 4) is 23.0 Å². The van der Waals surface area contributed by atoms with Gasteiger partial charge in [-0.25, -0.2) is 0 Å². The number of benzene rings is 2. The number of hydrogen-bond acceptors (Lipinski definition) is 8. The van der Waals surface area contributed by atoms with E-state index in [2.05, 4.69) is 0 Å². The van der Waals surface area contributed by atoms with E-state index in [0.717, 1.165) is 0 Å². The summed E-state index contributed by atoms with van der Waals surface area (Å²) < 4.78 is 20.5. The summed E-state index contributed by atoms with van der Waals surface area (Å²) in [6.07, 6.45) is 5.74. The van der Waals surface area contributed by atoms with Crippen LogP contribution in [0.2, 0.25) is 0 Å². The monoisotopic (exact) mass is 482 g/mol. The van der Waals surface area contributed by atoms with Crippen molar-refractivity contribution in [1.29, 1.82) is 0 Å². The van der Waals surface area contributed by atoms with E-state index in [0.29, 0.717) is 22.6 Å². The van der Waals surface area contributed by atoms with Gasteiger partial charge >= 0.3 is 5.97 Å². The van der Waals surface area contributed by atoms with Crippen molar-refractivity contribution in [3.63, 3.8) is 0 Å². The first-order valence-corrected chi connectivity index (χ1v) is 10.9. The quantitative estimate of drug-likeness (QED) is 0.191. The van der Waals surface area contributed by atoms with Crippen molar-refractivity contribution in [1.82, 2.24) is 0 Å². The van der Waals surface area contributed by atoms with Gasteiger partial charge in [0.25, 0.3) is 0 Å². The van der Waals surface area contributed by atoms with Gasteiger partial charge in [-0.3, -0.25) is 9.59 Å². The van der Waals surface area contributed by atoms with Gasteiger partial charge in [0.1, 0.15) is 5.76 Å². The average Bonchev–Trinajstić information content (AvgIpc) is 2.86. The van der Waals surface area contributed by atoms with Crippen LogP contribution in [0.15, 0.2) is 59.9 Å². The van der Waals surface area contributed by atoms with Crippen LogP contribution >= 0.6 is 0 Å². The summed E-state index contributed by atoms with van der Waals surface area (Å²) in [6.45, 7) is 1.91. The minimum atomic E-state index is -0.471. The lowest BCUT2D eigenvalue weighted by Crippen LogP contribution is -2.08. The maximum Gasteiger partial charge on any atom is 0.306 e. The van der Waals surface area contributed by atoms with Crippen LogP contribution in [0, 0.1) is 0 Å². The first kappa shape index (κ1) is 27.0. The second-order valence-corrected chi connectivity index (χ2v) is 7.25. The number of carbonyl (C=O) groups is 2. The fraction of sp³-hybridized carbons (Fsp3) is 0.259. The molecule has 2 aromatic carbocycles. The number of rotatable bonds is 12. The number of esters is 1. The van der Waals surface area contributed by atoms with Gasteiger partial charge in [0.15, 0.2) is 28.8 Å². The molecule has 0 amide bonds. The lowest BCUT2D eigenvalue weighted by molar-refractivity contribution is -0.143. The van der Waals surface area contributed by atoms with E-state index >= 15 is 0 Å². The molecular weight excluding hydrogens is 452 g/mol. The number of phenols is 1. The van der Waals surface area contributed by atoms with Crippen LogP contribution in [-0.4, -0.2) is 49.9 Å². The number of hydrogen-bond donors (Lipinski definition) is 2. The van der Waals surface area contributed by atoms with E-state index in [1.807, 2.05) is 0 Å². The molecule has 0 fully saturated rings. The van der Waals surface area contributed by atoms with Gasteiger partial charge in [-0.15, -0.1) is 0 Å². The van der Waals surface area contributed by atoms with Crippen molar-refractivity contribution < 1.29 is 38.7 Å². The number of aromatic hydroxyl groups is 1. The van der Waals surface area contributed by atoms with Crippen LogP contribution < -0.4 is 14.2 Å². The number of ether oxygens (including phenoxy) is 4. The third kappa shape index (κ3) is 7.96. The van der Waals surface area contributed by atoms with Crippen molar-refractivity contribution in [3.05, 3.63) is 71.0 Å². The molecule has 0 aromatic heterocycles. The third-order valence-corrected chi connectivity index (χ3v) is 4.96. The summed E-state index contributed by atoms with van der Waals surface area (Å²) >= 11 is 0. The van der Waals surface area contributed by atoms with Gasteiger partial charge in [0.05, 0.1) is 27.9 Å². The summed E-state index contributed by atoms with van der Waals surface area (Å²) in [7, 11) is 4.47.